The summed E-state index contributed by atoms with van der Waals surface area (Å²) in [7, 11) is 0. The lowest BCUT2D eigenvalue weighted by Crippen LogP contribution is -2.08. The molecule has 0 atom stereocenters. The Bertz CT molecular complexity index is 865. The summed E-state index contributed by atoms with van der Waals surface area (Å²) in [5, 5.41) is 0. The summed E-state index contributed by atoms with van der Waals surface area (Å²) >= 11 is 0. The van der Waals surface area contributed by atoms with Gasteiger partial charge in [0.1, 0.15) is 11.5 Å². The Morgan fingerprint density at radius 2 is 1.18 bits per heavy atom. The summed E-state index contributed by atoms with van der Waals surface area (Å²) in [5.74, 6) is -0.249. The Morgan fingerprint density at radius 3 is 1.50 bits per heavy atom. The molecule has 0 aliphatic heterocycles. The van der Waals surface area contributed by atoms with Gasteiger partial charge in [0.05, 0.1) is 0 Å². The zero-order valence-corrected chi connectivity index (χ0v) is 16.0. The second kappa shape index (κ2) is 9.46. The van der Waals surface area contributed by atoms with Gasteiger partial charge in [-0.25, -0.2) is 0 Å². The Kier molecular flexibility index (Phi) is 7.04. The number of allylic oxidation sites excluding steroid dienone is 2. The van der Waals surface area contributed by atoms with Gasteiger partial charge in [-0.1, -0.05) is 12.2 Å². The van der Waals surface area contributed by atoms with Gasteiger partial charge in [0.25, 0.3) is 0 Å². The van der Waals surface area contributed by atoms with E-state index >= 15 is 0 Å². The second-order valence-electron chi connectivity index (χ2n) is 6.15. The molecule has 2 aromatic carbocycles. The van der Waals surface area contributed by atoms with Crippen LogP contribution in [0.25, 0.3) is 0 Å². The monoisotopic (exact) mass is 378 g/mol. The van der Waals surface area contributed by atoms with Crippen LogP contribution < -0.4 is 9.47 Å². The molecule has 0 aromatic heterocycles. The van der Waals surface area contributed by atoms with E-state index in [1.54, 1.807) is 48.6 Å². The van der Waals surface area contributed by atoms with E-state index in [0.29, 0.717) is 46.6 Å². The maximum atomic E-state index is 13.0. The van der Waals surface area contributed by atoms with E-state index in [-0.39, 0.29) is 5.78 Å². The third-order valence-corrected chi connectivity index (χ3v) is 3.88. The third kappa shape index (κ3) is 5.27. The van der Waals surface area contributed by atoms with Gasteiger partial charge >= 0.3 is 11.9 Å². The van der Waals surface area contributed by atoms with E-state index < -0.39 is 11.9 Å². The summed E-state index contributed by atoms with van der Waals surface area (Å²) < 4.78 is 10.4. The zero-order valence-electron chi connectivity index (χ0n) is 16.0. The smallest absolute Gasteiger partial charge is 0.308 e. The number of hydrogen-bond acceptors (Lipinski definition) is 5. The first kappa shape index (κ1) is 20.8. The van der Waals surface area contributed by atoms with Crippen molar-refractivity contribution in [2.75, 3.05) is 0 Å². The van der Waals surface area contributed by atoms with Gasteiger partial charge in [-0.05, 0) is 60.4 Å². The average molecular weight is 378 g/mol. The molecule has 0 heterocycles. The predicted octanol–water partition coefficient (Wildman–Crippen LogP) is 4.23. The molecular weight excluding hydrogens is 356 g/mol. The molecule has 5 heteroatoms. The number of ketones is 1. The number of esters is 2. The van der Waals surface area contributed by atoms with Gasteiger partial charge in [0, 0.05) is 25.0 Å². The molecule has 2 rings (SSSR count). The highest BCUT2D eigenvalue weighted by Crippen LogP contribution is 2.26. The molecule has 28 heavy (non-hydrogen) atoms. The standard InChI is InChI=1S/C23H22O5/c1-5-7-17-13-19(9-11-21(17)27-15(3)24)23(26)20-10-12-22(28-16(4)25)18(14-20)8-6-2/h5-6,9-14H,1-2,7-8H2,3-4H3. The molecule has 0 saturated heterocycles. The van der Waals surface area contributed by atoms with Gasteiger partial charge in [0.2, 0.25) is 0 Å². The van der Waals surface area contributed by atoms with Crippen molar-refractivity contribution < 1.29 is 23.9 Å². The molecule has 0 bridgehead atoms. The highest BCUT2D eigenvalue weighted by molar-refractivity contribution is 6.09. The first-order valence-electron chi connectivity index (χ1n) is 8.75. The minimum Gasteiger partial charge on any atom is -0.426 e. The van der Waals surface area contributed by atoms with Crippen molar-refractivity contribution in [3.8, 4) is 11.5 Å². The fraction of sp³-hybridized carbons (Fsp3) is 0.174. The summed E-state index contributed by atoms with van der Waals surface area (Å²) in [4.78, 5) is 35.5. The normalized spacial score (nSPS) is 10.1. The van der Waals surface area contributed by atoms with Gasteiger partial charge in [-0.3, -0.25) is 14.4 Å². The molecule has 144 valence electrons. The van der Waals surface area contributed by atoms with E-state index in [9.17, 15) is 14.4 Å². The maximum Gasteiger partial charge on any atom is 0.308 e. The lowest BCUT2D eigenvalue weighted by atomic mass is 9.97. The highest BCUT2D eigenvalue weighted by Gasteiger charge is 2.15. The van der Waals surface area contributed by atoms with Gasteiger partial charge < -0.3 is 9.47 Å². The lowest BCUT2D eigenvalue weighted by molar-refractivity contribution is -0.132. The molecule has 0 N–H and O–H groups in total. The van der Waals surface area contributed by atoms with Crippen molar-refractivity contribution in [1.29, 1.82) is 0 Å². The number of rotatable bonds is 8. The van der Waals surface area contributed by atoms with Crippen LogP contribution in [-0.2, 0) is 22.4 Å². The van der Waals surface area contributed by atoms with Crippen molar-refractivity contribution in [3.05, 3.63) is 84.0 Å². The highest BCUT2D eigenvalue weighted by atomic mass is 16.5. The van der Waals surface area contributed by atoms with Crippen LogP contribution in [0.15, 0.2) is 61.7 Å². The summed E-state index contributed by atoms with van der Waals surface area (Å²) in [6, 6.07) is 9.81. The number of carbonyl (C=O) groups is 3. The molecule has 0 spiro atoms. The topological polar surface area (TPSA) is 69.7 Å². The van der Waals surface area contributed by atoms with Crippen molar-refractivity contribution in [3.63, 3.8) is 0 Å². The van der Waals surface area contributed by atoms with Gasteiger partial charge in [-0.15, -0.1) is 13.2 Å². The van der Waals surface area contributed by atoms with E-state index in [1.807, 2.05) is 0 Å². The van der Waals surface area contributed by atoms with Gasteiger partial charge in [-0.2, -0.15) is 0 Å². The molecule has 0 amide bonds. The Morgan fingerprint density at radius 1 is 0.786 bits per heavy atom. The van der Waals surface area contributed by atoms with Crippen molar-refractivity contribution in [1.82, 2.24) is 0 Å². The summed E-state index contributed by atoms with van der Waals surface area (Å²) in [5.41, 5.74) is 2.30. The molecule has 2 aromatic rings. The van der Waals surface area contributed by atoms with Crippen LogP contribution in [0.2, 0.25) is 0 Å². The second-order valence-corrected chi connectivity index (χ2v) is 6.15. The lowest BCUT2D eigenvalue weighted by Gasteiger charge is -2.12. The third-order valence-electron chi connectivity index (χ3n) is 3.88. The molecule has 0 unspecified atom stereocenters. The van der Waals surface area contributed by atoms with Crippen LogP contribution in [0.3, 0.4) is 0 Å². The van der Waals surface area contributed by atoms with Gasteiger partial charge in [0.15, 0.2) is 5.78 Å². The first-order chi connectivity index (χ1) is 13.3. The van der Waals surface area contributed by atoms with Crippen molar-refractivity contribution in [2.24, 2.45) is 0 Å². The minimum absolute atomic E-state index is 0.195. The van der Waals surface area contributed by atoms with Crippen LogP contribution in [0.4, 0.5) is 0 Å². The van der Waals surface area contributed by atoms with Crippen LogP contribution in [0.1, 0.15) is 40.9 Å². The SMILES string of the molecule is C=CCc1cc(C(=O)c2ccc(OC(C)=O)c(CC=C)c2)ccc1OC(C)=O. The Hall–Kier alpha value is -3.47. The van der Waals surface area contributed by atoms with E-state index in [0.717, 1.165) is 0 Å². The van der Waals surface area contributed by atoms with E-state index in [1.165, 1.54) is 13.8 Å². The Labute approximate surface area is 164 Å². The van der Waals surface area contributed by atoms with Crippen LogP contribution in [-0.4, -0.2) is 17.7 Å². The minimum atomic E-state index is -0.431. The summed E-state index contributed by atoms with van der Waals surface area (Å²) in [6.07, 6.45) is 4.26. The predicted molar refractivity (Wildman–Crippen MR) is 107 cm³/mol. The van der Waals surface area contributed by atoms with Crippen LogP contribution >= 0.6 is 0 Å². The van der Waals surface area contributed by atoms with Crippen molar-refractivity contribution in [2.45, 2.75) is 26.7 Å². The first-order valence-corrected chi connectivity index (χ1v) is 8.75. The largest absolute Gasteiger partial charge is 0.426 e. The van der Waals surface area contributed by atoms with Crippen LogP contribution in [0, 0.1) is 0 Å². The fourth-order valence-electron chi connectivity index (χ4n) is 2.75. The summed E-state index contributed by atoms with van der Waals surface area (Å²) in [6.45, 7) is 10.0. The molecule has 0 aliphatic rings. The molecule has 0 aliphatic carbocycles. The molecule has 5 nitrogen and oxygen atoms in total. The van der Waals surface area contributed by atoms with Crippen LogP contribution in [0.5, 0.6) is 11.5 Å². The number of benzene rings is 2. The fourth-order valence-corrected chi connectivity index (χ4v) is 2.75. The van der Waals surface area contributed by atoms with E-state index in [2.05, 4.69) is 13.2 Å². The quantitative estimate of drug-likeness (QED) is 0.298. The van der Waals surface area contributed by atoms with E-state index in [4.69, 9.17) is 9.47 Å². The Balaban J connectivity index is 2.41. The molecule has 0 fully saturated rings. The maximum absolute atomic E-state index is 13.0. The van der Waals surface area contributed by atoms with Crippen molar-refractivity contribution >= 4 is 17.7 Å². The number of carbonyl (C=O) groups excluding carboxylic acids is 3. The average Bonchev–Trinajstić information content (AvgIpc) is 2.63. The molecule has 0 radical (unpaired) electrons. The molecule has 0 saturated carbocycles. The molecular formula is C23H22O5. The zero-order chi connectivity index (χ0) is 20.7. The number of ether oxygens (including phenoxy) is 2. The number of hydrogen-bond donors (Lipinski definition) is 0.